The van der Waals surface area contributed by atoms with E-state index < -0.39 is 0 Å². The van der Waals surface area contributed by atoms with Crippen molar-refractivity contribution in [3.63, 3.8) is 0 Å². The molecule has 1 atom stereocenters. The molecule has 10 nitrogen and oxygen atoms in total. The minimum absolute atomic E-state index is 0.0774. The van der Waals surface area contributed by atoms with Crippen LogP contribution in [-0.4, -0.2) is 75.8 Å². The van der Waals surface area contributed by atoms with Crippen LogP contribution in [0.2, 0.25) is 10.0 Å². The van der Waals surface area contributed by atoms with Gasteiger partial charge in [0, 0.05) is 59.8 Å². The number of hydrogen-bond acceptors (Lipinski definition) is 9. The number of aliphatic hydroxyl groups is 1. The van der Waals surface area contributed by atoms with Gasteiger partial charge in [-0.2, -0.15) is 0 Å². The van der Waals surface area contributed by atoms with Crippen LogP contribution in [0, 0.1) is 5.41 Å². The fourth-order valence-corrected chi connectivity index (χ4v) is 7.05. The van der Waals surface area contributed by atoms with E-state index in [1.54, 1.807) is 26.6 Å². The molecule has 2 fully saturated rings. The lowest BCUT2D eigenvalue weighted by molar-refractivity contribution is -0.119. The van der Waals surface area contributed by atoms with Gasteiger partial charge in [0.05, 0.1) is 54.7 Å². The second-order valence-corrected chi connectivity index (χ2v) is 13.3. The summed E-state index contributed by atoms with van der Waals surface area (Å²) >= 11 is 14.1. The normalized spacial score (nSPS) is 17.3. The molecule has 0 unspecified atom stereocenters. The maximum atomic E-state index is 11.5. The van der Waals surface area contributed by atoms with Crippen molar-refractivity contribution < 1.29 is 19.4 Å². The zero-order valence-corrected chi connectivity index (χ0v) is 28.2. The number of benzene rings is 2. The summed E-state index contributed by atoms with van der Waals surface area (Å²) in [5.41, 5.74) is 5.44. The number of ether oxygens (including phenoxy) is 2. The van der Waals surface area contributed by atoms with Crippen molar-refractivity contribution in [1.82, 2.24) is 30.2 Å². The molecule has 6 rings (SSSR count). The largest absolute Gasteiger partial charge is 0.480 e. The number of rotatable bonds is 12. The fourth-order valence-electron chi connectivity index (χ4n) is 6.40. The summed E-state index contributed by atoms with van der Waals surface area (Å²) in [5.74, 6) is 1.01. The first kappa shape index (κ1) is 33.1. The third-order valence-electron chi connectivity index (χ3n) is 8.87. The van der Waals surface area contributed by atoms with Crippen LogP contribution in [0.5, 0.6) is 11.8 Å². The van der Waals surface area contributed by atoms with Gasteiger partial charge in [-0.3, -0.25) is 19.7 Å². The Morgan fingerprint density at radius 1 is 0.915 bits per heavy atom. The van der Waals surface area contributed by atoms with Crippen LogP contribution in [0.4, 0.5) is 0 Å². The number of halogens is 2. The second-order valence-electron chi connectivity index (χ2n) is 12.6. The van der Waals surface area contributed by atoms with Gasteiger partial charge in [0.15, 0.2) is 0 Å². The molecular weight excluding hydrogens is 639 g/mol. The zero-order valence-electron chi connectivity index (χ0n) is 26.7. The van der Waals surface area contributed by atoms with E-state index in [1.807, 2.05) is 36.4 Å². The molecule has 4 aromatic rings. The van der Waals surface area contributed by atoms with E-state index in [-0.39, 0.29) is 24.0 Å². The molecule has 2 aromatic heterocycles. The predicted octanol–water partition coefficient (Wildman–Crippen LogP) is 6.01. The van der Waals surface area contributed by atoms with Crippen molar-refractivity contribution >= 4 is 29.1 Å². The number of aliphatic hydroxyl groups excluding tert-OH is 1. The lowest BCUT2D eigenvalue weighted by atomic mass is 9.83. The molecule has 47 heavy (non-hydrogen) atoms. The highest BCUT2D eigenvalue weighted by Crippen LogP contribution is 2.42. The average molecular weight is 678 g/mol. The van der Waals surface area contributed by atoms with Crippen LogP contribution in [0.25, 0.3) is 33.6 Å². The number of likely N-dealkylation sites (tertiary alicyclic amines) is 1. The van der Waals surface area contributed by atoms with Gasteiger partial charge >= 0.3 is 0 Å². The summed E-state index contributed by atoms with van der Waals surface area (Å²) in [4.78, 5) is 32.6. The molecule has 2 N–H and O–H groups in total. The first-order valence-electron chi connectivity index (χ1n) is 15.7. The Labute approximate surface area is 284 Å². The summed E-state index contributed by atoms with van der Waals surface area (Å²) in [5, 5.41) is 13.6. The number of nitrogens with zero attached hydrogens (tertiary/aromatic N) is 5. The minimum Gasteiger partial charge on any atom is -0.480 e. The van der Waals surface area contributed by atoms with E-state index in [1.165, 1.54) is 0 Å². The minimum atomic E-state index is -0.0774. The third-order valence-corrected chi connectivity index (χ3v) is 9.68. The van der Waals surface area contributed by atoms with Gasteiger partial charge in [0.1, 0.15) is 11.4 Å². The zero-order chi connectivity index (χ0) is 33.1. The molecule has 246 valence electrons. The first-order chi connectivity index (χ1) is 22.7. The Morgan fingerprint density at radius 3 is 2.00 bits per heavy atom. The van der Waals surface area contributed by atoms with Crippen LogP contribution in [-0.2, 0) is 17.8 Å². The molecule has 0 bridgehead atoms. The number of methoxy groups -OCH3 is 2. The SMILES string of the molecule is COc1nc(-c2cccc(-c3cccc(-c4cnc(CN5CC(C)(CO)C5)c(OC)n4)c3Cl)c2Cl)cnc1CCC[C@@H]1CCC(=O)N1. The van der Waals surface area contributed by atoms with Gasteiger partial charge in [-0.25, -0.2) is 9.97 Å². The van der Waals surface area contributed by atoms with Crippen molar-refractivity contribution in [2.75, 3.05) is 33.9 Å². The first-order valence-corrected chi connectivity index (χ1v) is 16.5. The van der Waals surface area contributed by atoms with Crippen LogP contribution < -0.4 is 14.8 Å². The number of carbonyl (C=O) groups excluding carboxylic acids is 1. The summed E-state index contributed by atoms with van der Waals surface area (Å²) in [6, 6.07) is 11.7. The molecule has 0 spiro atoms. The summed E-state index contributed by atoms with van der Waals surface area (Å²) in [7, 11) is 3.16. The highest BCUT2D eigenvalue weighted by molar-refractivity contribution is 6.39. The van der Waals surface area contributed by atoms with Gasteiger partial charge < -0.3 is 19.9 Å². The van der Waals surface area contributed by atoms with Gasteiger partial charge in [-0.15, -0.1) is 0 Å². The summed E-state index contributed by atoms with van der Waals surface area (Å²) < 4.78 is 11.2. The van der Waals surface area contributed by atoms with Crippen LogP contribution in [0.1, 0.15) is 44.0 Å². The molecule has 12 heteroatoms. The molecular formula is C35H38Cl2N6O4. The van der Waals surface area contributed by atoms with Crippen LogP contribution >= 0.6 is 23.2 Å². The predicted molar refractivity (Wildman–Crippen MR) is 182 cm³/mol. The maximum Gasteiger partial charge on any atom is 0.237 e. The molecule has 1 amide bonds. The highest BCUT2D eigenvalue weighted by Gasteiger charge is 2.38. The van der Waals surface area contributed by atoms with E-state index in [0.717, 1.165) is 54.9 Å². The highest BCUT2D eigenvalue weighted by atomic mass is 35.5. The molecule has 4 heterocycles. The summed E-state index contributed by atoms with van der Waals surface area (Å²) in [6.45, 7) is 4.38. The standard InChI is InChI=1S/C35H38Cl2N6O4/c1-35(20-44)18-43(19-35)17-29-34(47-3)42-28(16-39-29)25-11-6-9-23(32(25)37)22-8-5-10-24(31(22)36)27-15-38-26(33(41-27)46-2)12-4-7-21-13-14-30(45)40-21/h5-6,8-11,15-16,21,44H,4,7,12-14,17-20H2,1-3H3,(H,40,45)/t21-/m1/s1. The van der Waals surface area contributed by atoms with Crippen molar-refractivity contribution in [3.05, 3.63) is 70.2 Å². The molecule has 0 saturated carbocycles. The Morgan fingerprint density at radius 2 is 1.47 bits per heavy atom. The number of aromatic nitrogens is 4. The number of carbonyl (C=O) groups is 1. The topological polar surface area (TPSA) is 123 Å². The van der Waals surface area contributed by atoms with Crippen LogP contribution in [0.15, 0.2) is 48.8 Å². The van der Waals surface area contributed by atoms with Crippen molar-refractivity contribution in [2.45, 2.75) is 51.6 Å². The third kappa shape index (κ3) is 7.06. The van der Waals surface area contributed by atoms with Gasteiger partial charge in [0.25, 0.3) is 0 Å². The monoisotopic (exact) mass is 676 g/mol. The van der Waals surface area contributed by atoms with Crippen molar-refractivity contribution in [3.8, 4) is 45.4 Å². The molecule has 0 radical (unpaired) electrons. The molecule has 0 aliphatic carbocycles. The molecule has 2 aliphatic rings. The van der Waals surface area contributed by atoms with Gasteiger partial charge in [-0.1, -0.05) is 66.5 Å². The Bertz CT molecular complexity index is 1780. The lowest BCUT2D eigenvalue weighted by Gasteiger charge is -2.46. The maximum absolute atomic E-state index is 11.5. The fraction of sp³-hybridized carbons (Fsp3) is 0.400. The average Bonchev–Trinajstić information content (AvgIpc) is 3.49. The Hall–Kier alpha value is -3.83. The number of amides is 1. The van der Waals surface area contributed by atoms with Gasteiger partial charge in [-0.05, 0) is 25.7 Å². The number of aryl methyl sites for hydroxylation is 1. The second kappa shape index (κ2) is 14.1. The number of nitrogens with one attached hydrogen (secondary N) is 1. The van der Waals surface area contributed by atoms with Crippen molar-refractivity contribution in [1.29, 1.82) is 0 Å². The molecule has 2 saturated heterocycles. The van der Waals surface area contributed by atoms with E-state index in [0.29, 0.717) is 63.7 Å². The van der Waals surface area contributed by atoms with E-state index in [9.17, 15) is 9.90 Å². The number of hydrogen-bond donors (Lipinski definition) is 2. The van der Waals surface area contributed by atoms with Crippen molar-refractivity contribution in [2.24, 2.45) is 5.41 Å². The smallest absolute Gasteiger partial charge is 0.237 e. The van der Waals surface area contributed by atoms with Gasteiger partial charge in [0.2, 0.25) is 17.7 Å². The Balaban J connectivity index is 1.23. The van der Waals surface area contributed by atoms with E-state index in [2.05, 4.69) is 27.1 Å². The van der Waals surface area contributed by atoms with E-state index in [4.69, 9.17) is 42.6 Å². The Kier molecular flexibility index (Phi) is 9.93. The summed E-state index contributed by atoms with van der Waals surface area (Å²) in [6.07, 6.45) is 7.33. The van der Waals surface area contributed by atoms with Crippen LogP contribution in [0.3, 0.4) is 0 Å². The lowest BCUT2D eigenvalue weighted by Crippen LogP contribution is -2.55. The molecule has 2 aromatic carbocycles. The molecule has 2 aliphatic heterocycles. The quantitative estimate of drug-likeness (QED) is 0.186. The van der Waals surface area contributed by atoms with E-state index >= 15 is 0 Å².